The number of hydrogen-bond acceptors (Lipinski definition) is 4. The van der Waals surface area contributed by atoms with Crippen molar-refractivity contribution in [3.8, 4) is 0 Å². The Hall–Kier alpha value is -2.89. The minimum Gasteiger partial charge on any atom is -0.441 e. The van der Waals surface area contributed by atoms with Crippen LogP contribution < -0.4 is 10.9 Å². The van der Waals surface area contributed by atoms with E-state index in [1.807, 2.05) is 0 Å². The Labute approximate surface area is 138 Å². The normalized spacial score (nSPS) is 11.6. The molecule has 2 heterocycles. The highest BCUT2D eigenvalue weighted by Gasteiger charge is 2.16. The molecule has 0 bridgehead atoms. The second kappa shape index (κ2) is 5.96. The van der Waals surface area contributed by atoms with E-state index in [4.69, 9.17) is 4.42 Å². The van der Waals surface area contributed by atoms with Crippen molar-refractivity contribution in [2.75, 3.05) is 5.32 Å². The van der Waals surface area contributed by atoms with E-state index < -0.39 is 0 Å². The van der Waals surface area contributed by atoms with E-state index in [0.29, 0.717) is 28.2 Å². The van der Waals surface area contributed by atoms with Crippen molar-refractivity contribution in [1.29, 1.82) is 0 Å². The van der Waals surface area contributed by atoms with Gasteiger partial charge in [0.15, 0.2) is 11.5 Å². The summed E-state index contributed by atoms with van der Waals surface area (Å²) in [7, 11) is 0. The van der Waals surface area contributed by atoms with Crippen molar-refractivity contribution < 1.29 is 9.21 Å². The van der Waals surface area contributed by atoms with Gasteiger partial charge < -0.3 is 14.7 Å². The van der Waals surface area contributed by atoms with Crippen molar-refractivity contribution >= 4 is 22.7 Å². The van der Waals surface area contributed by atoms with Crippen molar-refractivity contribution in [3.63, 3.8) is 0 Å². The third kappa shape index (κ3) is 3.71. The van der Waals surface area contributed by atoms with Gasteiger partial charge in [0.05, 0.1) is 0 Å². The predicted molar refractivity (Wildman–Crippen MR) is 92.2 cm³/mol. The molecule has 0 saturated heterocycles. The van der Waals surface area contributed by atoms with Crippen LogP contribution in [-0.4, -0.2) is 15.9 Å². The summed E-state index contributed by atoms with van der Waals surface area (Å²) < 4.78 is 5.74. The zero-order valence-electron chi connectivity index (χ0n) is 13.8. The lowest BCUT2D eigenvalue weighted by Crippen LogP contribution is -2.15. The van der Waals surface area contributed by atoms with Gasteiger partial charge in [0, 0.05) is 29.9 Å². The molecule has 0 atom stereocenters. The maximum absolute atomic E-state index is 12.2. The van der Waals surface area contributed by atoms with Crippen LogP contribution in [0.1, 0.15) is 37.0 Å². The topological polar surface area (TPSA) is 88.0 Å². The fourth-order valence-corrected chi connectivity index (χ4v) is 2.37. The number of anilines is 1. The Bertz CT molecular complexity index is 948. The number of carbonyl (C=O) groups is 1. The molecule has 0 spiro atoms. The maximum Gasteiger partial charge on any atom is 0.255 e. The van der Waals surface area contributed by atoms with E-state index >= 15 is 0 Å². The van der Waals surface area contributed by atoms with Gasteiger partial charge in [-0.3, -0.25) is 9.59 Å². The zero-order valence-corrected chi connectivity index (χ0v) is 13.8. The fraction of sp³-hybridized carbons (Fsp3) is 0.278. The number of nitrogens with one attached hydrogen (secondary N) is 2. The number of fused-ring (bicyclic) bond motifs is 1. The predicted octanol–water partition coefficient (Wildman–Crippen LogP) is 3.36. The van der Waals surface area contributed by atoms with Gasteiger partial charge in [-0.25, -0.2) is 4.98 Å². The number of oxazole rings is 1. The summed E-state index contributed by atoms with van der Waals surface area (Å²) in [6.07, 6.45) is 2.17. The number of pyridine rings is 1. The Morgan fingerprint density at radius 3 is 2.75 bits per heavy atom. The summed E-state index contributed by atoms with van der Waals surface area (Å²) >= 11 is 0. The van der Waals surface area contributed by atoms with E-state index in [9.17, 15) is 9.59 Å². The van der Waals surface area contributed by atoms with Crippen LogP contribution in [0.2, 0.25) is 0 Å². The van der Waals surface area contributed by atoms with Gasteiger partial charge in [-0.1, -0.05) is 20.8 Å². The van der Waals surface area contributed by atoms with Crippen LogP contribution in [0.15, 0.2) is 45.7 Å². The first kappa shape index (κ1) is 16.0. The highest BCUT2D eigenvalue weighted by Crippen LogP contribution is 2.25. The fourth-order valence-electron chi connectivity index (χ4n) is 2.37. The van der Waals surface area contributed by atoms with Crippen LogP contribution in [0.4, 0.5) is 5.69 Å². The van der Waals surface area contributed by atoms with E-state index in [0.717, 1.165) is 6.42 Å². The summed E-state index contributed by atoms with van der Waals surface area (Å²) in [5.74, 6) is 0.328. The first-order valence-corrected chi connectivity index (χ1v) is 7.70. The maximum atomic E-state index is 12.2. The lowest BCUT2D eigenvalue weighted by atomic mass is 9.92. The molecule has 2 N–H and O–H groups in total. The van der Waals surface area contributed by atoms with E-state index in [1.165, 1.54) is 12.3 Å². The van der Waals surface area contributed by atoms with Crippen LogP contribution in [0.3, 0.4) is 0 Å². The molecular weight excluding hydrogens is 306 g/mol. The lowest BCUT2D eigenvalue weighted by Gasteiger charge is -2.14. The quantitative estimate of drug-likeness (QED) is 0.773. The van der Waals surface area contributed by atoms with E-state index in [1.54, 1.807) is 24.3 Å². The van der Waals surface area contributed by atoms with Crippen molar-refractivity contribution in [2.24, 2.45) is 5.41 Å². The molecule has 0 saturated carbocycles. The molecule has 1 aromatic carbocycles. The van der Waals surface area contributed by atoms with Gasteiger partial charge in [0.25, 0.3) is 5.91 Å². The molecule has 3 aromatic rings. The summed E-state index contributed by atoms with van der Waals surface area (Å²) in [6.45, 7) is 6.36. The van der Waals surface area contributed by atoms with Crippen LogP contribution >= 0.6 is 0 Å². The van der Waals surface area contributed by atoms with E-state index in [2.05, 4.69) is 36.1 Å². The first-order valence-electron chi connectivity index (χ1n) is 7.70. The second-order valence-electron chi connectivity index (χ2n) is 6.92. The molecule has 0 aliphatic heterocycles. The van der Waals surface area contributed by atoms with Gasteiger partial charge in [-0.2, -0.15) is 0 Å². The molecule has 0 aliphatic rings. The van der Waals surface area contributed by atoms with Gasteiger partial charge in [0.2, 0.25) is 5.56 Å². The lowest BCUT2D eigenvalue weighted by molar-refractivity contribution is 0.102. The Morgan fingerprint density at radius 2 is 2.04 bits per heavy atom. The minimum absolute atomic E-state index is 0.0816. The van der Waals surface area contributed by atoms with Gasteiger partial charge in [-0.05, 0) is 29.7 Å². The van der Waals surface area contributed by atoms with Crippen LogP contribution in [0.5, 0.6) is 0 Å². The molecule has 2 aromatic heterocycles. The molecule has 0 radical (unpaired) electrons. The number of benzene rings is 1. The molecule has 0 unspecified atom stereocenters. The number of H-pyrrole nitrogens is 1. The number of aromatic nitrogens is 2. The summed E-state index contributed by atoms with van der Waals surface area (Å²) in [4.78, 5) is 30.4. The first-order chi connectivity index (χ1) is 11.3. The smallest absolute Gasteiger partial charge is 0.255 e. The summed E-state index contributed by atoms with van der Waals surface area (Å²) in [5.41, 5.74) is 2.04. The van der Waals surface area contributed by atoms with Crippen molar-refractivity contribution in [3.05, 3.63) is 58.3 Å². The largest absolute Gasteiger partial charge is 0.441 e. The molecule has 6 nitrogen and oxygen atoms in total. The molecule has 124 valence electrons. The standard InChI is InChI=1S/C18H19N3O3/c1-18(2,3)10-16-21-13-9-12(4-5-14(13)24-16)20-17(23)11-6-7-19-15(22)8-11/h4-9H,10H2,1-3H3,(H,19,22)(H,20,23). The Kier molecular flexibility index (Phi) is 3.97. The molecule has 3 rings (SSSR count). The zero-order chi connectivity index (χ0) is 17.3. The van der Waals surface area contributed by atoms with E-state index in [-0.39, 0.29) is 16.9 Å². The number of carbonyl (C=O) groups excluding carboxylic acids is 1. The van der Waals surface area contributed by atoms with Crippen LogP contribution in [-0.2, 0) is 6.42 Å². The third-order valence-corrected chi connectivity index (χ3v) is 3.41. The number of rotatable bonds is 3. The second-order valence-corrected chi connectivity index (χ2v) is 6.92. The highest BCUT2D eigenvalue weighted by molar-refractivity contribution is 6.04. The molecule has 1 amide bonds. The Morgan fingerprint density at radius 1 is 1.25 bits per heavy atom. The minimum atomic E-state index is -0.348. The van der Waals surface area contributed by atoms with Gasteiger partial charge in [0.1, 0.15) is 5.52 Å². The number of amides is 1. The number of aromatic amines is 1. The highest BCUT2D eigenvalue weighted by atomic mass is 16.3. The molecular formula is C18H19N3O3. The summed E-state index contributed by atoms with van der Waals surface area (Å²) in [5, 5.41) is 2.76. The third-order valence-electron chi connectivity index (χ3n) is 3.41. The van der Waals surface area contributed by atoms with Gasteiger partial charge in [-0.15, -0.1) is 0 Å². The molecule has 0 aliphatic carbocycles. The van der Waals surface area contributed by atoms with Crippen molar-refractivity contribution in [2.45, 2.75) is 27.2 Å². The monoisotopic (exact) mass is 325 g/mol. The molecule has 6 heteroatoms. The van der Waals surface area contributed by atoms with Crippen LogP contribution in [0.25, 0.3) is 11.1 Å². The Balaban J connectivity index is 1.83. The number of nitrogens with zero attached hydrogens (tertiary/aromatic N) is 1. The molecule has 24 heavy (non-hydrogen) atoms. The molecule has 0 fully saturated rings. The van der Waals surface area contributed by atoms with Gasteiger partial charge >= 0.3 is 0 Å². The average Bonchev–Trinajstić information content (AvgIpc) is 2.86. The summed E-state index contributed by atoms with van der Waals surface area (Å²) in [6, 6.07) is 8.09. The SMILES string of the molecule is CC(C)(C)Cc1nc2cc(NC(=O)c3cc[nH]c(=O)c3)ccc2o1. The van der Waals surface area contributed by atoms with Crippen LogP contribution in [0, 0.1) is 5.41 Å². The van der Waals surface area contributed by atoms with Crippen molar-refractivity contribution in [1.82, 2.24) is 9.97 Å². The average molecular weight is 325 g/mol. The number of hydrogen-bond donors (Lipinski definition) is 2.